The maximum absolute atomic E-state index is 4.24. The molecule has 2 heterocycles. The van der Waals surface area contributed by atoms with E-state index in [9.17, 15) is 0 Å². The second-order valence-electron chi connectivity index (χ2n) is 4.96. The Balaban J connectivity index is 2.04. The van der Waals surface area contributed by atoms with E-state index in [2.05, 4.69) is 30.0 Å². The SMILES string of the molecule is CC(C)C1CCCN(c2cnn(C)c2)C1. The Morgan fingerprint density at radius 1 is 1.47 bits per heavy atom. The van der Waals surface area contributed by atoms with Crippen molar-refractivity contribution in [2.24, 2.45) is 18.9 Å². The minimum atomic E-state index is 0.796. The van der Waals surface area contributed by atoms with Crippen LogP contribution < -0.4 is 4.90 Å². The first-order chi connectivity index (χ1) is 7.16. The second kappa shape index (κ2) is 4.25. The summed E-state index contributed by atoms with van der Waals surface area (Å²) in [6, 6.07) is 0. The van der Waals surface area contributed by atoms with Crippen LogP contribution in [0.2, 0.25) is 0 Å². The Morgan fingerprint density at radius 3 is 2.87 bits per heavy atom. The minimum Gasteiger partial charge on any atom is -0.369 e. The second-order valence-corrected chi connectivity index (χ2v) is 4.96. The Labute approximate surface area is 92.1 Å². The third-order valence-corrected chi connectivity index (χ3v) is 3.46. The Hall–Kier alpha value is -0.990. The molecule has 1 aliphatic rings. The smallest absolute Gasteiger partial charge is 0.0752 e. The first kappa shape index (κ1) is 10.5. The number of anilines is 1. The minimum absolute atomic E-state index is 0.796. The van der Waals surface area contributed by atoms with Gasteiger partial charge in [0.2, 0.25) is 0 Å². The summed E-state index contributed by atoms with van der Waals surface area (Å²) >= 11 is 0. The molecule has 1 aliphatic heterocycles. The molecule has 3 heteroatoms. The van der Waals surface area contributed by atoms with Gasteiger partial charge >= 0.3 is 0 Å². The lowest BCUT2D eigenvalue weighted by Crippen LogP contribution is -2.37. The number of nitrogens with zero attached hydrogens (tertiary/aromatic N) is 3. The molecular weight excluding hydrogens is 186 g/mol. The number of hydrogen-bond donors (Lipinski definition) is 0. The number of hydrogen-bond acceptors (Lipinski definition) is 2. The van der Waals surface area contributed by atoms with Gasteiger partial charge in [-0.3, -0.25) is 4.68 Å². The van der Waals surface area contributed by atoms with Gasteiger partial charge in [0.1, 0.15) is 0 Å². The molecule has 0 bridgehead atoms. The van der Waals surface area contributed by atoms with Crippen LogP contribution in [0.4, 0.5) is 5.69 Å². The molecule has 0 radical (unpaired) electrons. The third-order valence-electron chi connectivity index (χ3n) is 3.46. The monoisotopic (exact) mass is 207 g/mol. The average molecular weight is 207 g/mol. The molecular formula is C12H21N3. The first-order valence-electron chi connectivity index (χ1n) is 5.90. The quantitative estimate of drug-likeness (QED) is 0.742. The fourth-order valence-corrected chi connectivity index (χ4v) is 2.36. The summed E-state index contributed by atoms with van der Waals surface area (Å²) in [4.78, 5) is 2.47. The third kappa shape index (κ3) is 2.33. The van der Waals surface area contributed by atoms with Crippen molar-refractivity contribution in [1.29, 1.82) is 0 Å². The summed E-state index contributed by atoms with van der Waals surface area (Å²) in [5.74, 6) is 1.64. The van der Waals surface area contributed by atoms with Gasteiger partial charge in [-0.05, 0) is 24.7 Å². The fourth-order valence-electron chi connectivity index (χ4n) is 2.36. The van der Waals surface area contributed by atoms with Crippen LogP contribution >= 0.6 is 0 Å². The summed E-state index contributed by atoms with van der Waals surface area (Å²) in [5.41, 5.74) is 1.28. The number of rotatable bonds is 2. The molecule has 0 aliphatic carbocycles. The van der Waals surface area contributed by atoms with Gasteiger partial charge in [-0.2, -0.15) is 5.10 Å². The number of piperidine rings is 1. The van der Waals surface area contributed by atoms with Crippen LogP contribution in [0.25, 0.3) is 0 Å². The van der Waals surface area contributed by atoms with E-state index in [0.717, 1.165) is 11.8 Å². The highest BCUT2D eigenvalue weighted by atomic mass is 15.3. The maximum Gasteiger partial charge on any atom is 0.0752 e. The van der Waals surface area contributed by atoms with Crippen LogP contribution in [0.1, 0.15) is 26.7 Å². The van der Waals surface area contributed by atoms with Crippen molar-refractivity contribution < 1.29 is 0 Å². The molecule has 0 saturated carbocycles. The highest BCUT2D eigenvalue weighted by Crippen LogP contribution is 2.26. The van der Waals surface area contributed by atoms with Crippen molar-refractivity contribution in [3.05, 3.63) is 12.4 Å². The Bertz CT molecular complexity index is 316. The van der Waals surface area contributed by atoms with Crippen LogP contribution in [0.3, 0.4) is 0 Å². The normalized spacial score (nSPS) is 22.4. The maximum atomic E-state index is 4.24. The zero-order valence-corrected chi connectivity index (χ0v) is 9.98. The largest absolute Gasteiger partial charge is 0.369 e. The summed E-state index contributed by atoms with van der Waals surface area (Å²) < 4.78 is 1.88. The zero-order valence-electron chi connectivity index (χ0n) is 9.98. The molecule has 84 valence electrons. The van der Waals surface area contributed by atoms with Gasteiger partial charge in [0, 0.05) is 26.3 Å². The lowest BCUT2D eigenvalue weighted by molar-refractivity contribution is 0.322. The van der Waals surface area contributed by atoms with Gasteiger partial charge in [-0.15, -0.1) is 0 Å². The summed E-state index contributed by atoms with van der Waals surface area (Å²) in [6.45, 7) is 7.05. The molecule has 1 atom stereocenters. The average Bonchev–Trinajstić information content (AvgIpc) is 2.65. The molecule has 1 fully saturated rings. The molecule has 0 spiro atoms. The van der Waals surface area contributed by atoms with Crippen molar-refractivity contribution in [3.8, 4) is 0 Å². The molecule has 1 aromatic heterocycles. The van der Waals surface area contributed by atoms with Gasteiger partial charge in [0.15, 0.2) is 0 Å². The summed E-state index contributed by atoms with van der Waals surface area (Å²) in [6.07, 6.45) is 6.79. The van der Waals surface area contributed by atoms with Gasteiger partial charge in [-0.1, -0.05) is 13.8 Å². The lowest BCUT2D eigenvalue weighted by atomic mass is 9.88. The van der Waals surface area contributed by atoms with E-state index in [1.54, 1.807) is 0 Å². The van der Waals surface area contributed by atoms with E-state index in [1.165, 1.54) is 31.6 Å². The first-order valence-corrected chi connectivity index (χ1v) is 5.90. The van der Waals surface area contributed by atoms with Crippen LogP contribution in [0.5, 0.6) is 0 Å². The predicted octanol–water partition coefficient (Wildman–Crippen LogP) is 2.29. The fraction of sp³-hybridized carbons (Fsp3) is 0.750. The van der Waals surface area contributed by atoms with Gasteiger partial charge < -0.3 is 4.90 Å². The van der Waals surface area contributed by atoms with E-state index in [0.29, 0.717) is 0 Å². The van der Waals surface area contributed by atoms with Crippen molar-refractivity contribution in [2.75, 3.05) is 18.0 Å². The zero-order chi connectivity index (χ0) is 10.8. The van der Waals surface area contributed by atoms with Crippen LogP contribution in [0.15, 0.2) is 12.4 Å². The molecule has 15 heavy (non-hydrogen) atoms. The molecule has 2 rings (SSSR count). The van der Waals surface area contributed by atoms with Crippen LogP contribution in [-0.4, -0.2) is 22.9 Å². The van der Waals surface area contributed by atoms with E-state index >= 15 is 0 Å². The van der Waals surface area contributed by atoms with Crippen molar-refractivity contribution in [1.82, 2.24) is 9.78 Å². The topological polar surface area (TPSA) is 21.1 Å². The van der Waals surface area contributed by atoms with E-state index < -0.39 is 0 Å². The molecule has 3 nitrogen and oxygen atoms in total. The van der Waals surface area contributed by atoms with E-state index in [1.807, 2.05) is 17.9 Å². The van der Waals surface area contributed by atoms with E-state index in [4.69, 9.17) is 0 Å². The molecule has 0 amide bonds. The standard InChI is InChI=1S/C12H21N3/c1-10(2)11-5-4-6-15(8-11)12-7-13-14(3)9-12/h7,9-11H,4-6,8H2,1-3H3. The molecule has 1 saturated heterocycles. The molecule has 1 aromatic rings. The van der Waals surface area contributed by atoms with Crippen molar-refractivity contribution in [2.45, 2.75) is 26.7 Å². The predicted molar refractivity (Wildman–Crippen MR) is 63.0 cm³/mol. The molecule has 1 unspecified atom stereocenters. The van der Waals surface area contributed by atoms with Crippen molar-refractivity contribution >= 4 is 5.69 Å². The van der Waals surface area contributed by atoms with Crippen LogP contribution in [-0.2, 0) is 7.05 Å². The van der Waals surface area contributed by atoms with Crippen molar-refractivity contribution in [3.63, 3.8) is 0 Å². The summed E-state index contributed by atoms with van der Waals surface area (Å²) in [7, 11) is 1.98. The lowest BCUT2D eigenvalue weighted by Gasteiger charge is -2.35. The van der Waals surface area contributed by atoms with Gasteiger partial charge in [-0.25, -0.2) is 0 Å². The van der Waals surface area contributed by atoms with Gasteiger partial charge in [0.25, 0.3) is 0 Å². The van der Waals surface area contributed by atoms with Crippen LogP contribution in [0, 0.1) is 11.8 Å². The van der Waals surface area contributed by atoms with Gasteiger partial charge in [0.05, 0.1) is 11.9 Å². The molecule has 0 N–H and O–H groups in total. The Kier molecular flexibility index (Phi) is 2.98. The summed E-state index contributed by atoms with van der Waals surface area (Å²) in [5, 5.41) is 4.24. The molecule has 0 aromatic carbocycles. The highest BCUT2D eigenvalue weighted by Gasteiger charge is 2.22. The highest BCUT2D eigenvalue weighted by molar-refractivity contribution is 5.42. The Morgan fingerprint density at radius 2 is 2.27 bits per heavy atom. The van der Waals surface area contributed by atoms with E-state index in [-0.39, 0.29) is 0 Å². The number of aryl methyl sites for hydroxylation is 1. The number of aromatic nitrogens is 2.